The van der Waals surface area contributed by atoms with Crippen LogP contribution in [0.25, 0.3) is 11.2 Å². The minimum absolute atomic E-state index is 0.0121. The maximum atomic E-state index is 12.5. The Kier molecular flexibility index (Phi) is 5.09. The highest BCUT2D eigenvalue weighted by Crippen LogP contribution is 2.17. The number of benzene rings is 1. The topological polar surface area (TPSA) is 71.5 Å². The smallest absolute Gasteiger partial charge is 0.260 e. The highest BCUT2D eigenvalue weighted by molar-refractivity contribution is 5.78. The molecule has 0 atom stereocenters. The van der Waals surface area contributed by atoms with Crippen molar-refractivity contribution in [2.45, 2.75) is 6.42 Å². The van der Waals surface area contributed by atoms with E-state index in [9.17, 15) is 4.79 Å². The lowest BCUT2D eigenvalue weighted by molar-refractivity contribution is -0.133. The summed E-state index contributed by atoms with van der Waals surface area (Å²) in [6.45, 7) is 3.02. The molecule has 0 radical (unpaired) electrons. The summed E-state index contributed by atoms with van der Waals surface area (Å²) in [4.78, 5) is 29.7. The first-order chi connectivity index (χ1) is 13.3. The van der Waals surface area contributed by atoms with Crippen LogP contribution in [-0.2, 0) is 4.79 Å². The third-order valence-corrected chi connectivity index (χ3v) is 4.60. The molecule has 138 valence electrons. The normalized spacial score (nSPS) is 14.8. The van der Waals surface area contributed by atoms with E-state index in [1.807, 2.05) is 47.4 Å². The van der Waals surface area contributed by atoms with E-state index >= 15 is 0 Å². The van der Waals surface area contributed by atoms with Gasteiger partial charge in [-0.3, -0.25) is 9.78 Å². The van der Waals surface area contributed by atoms with E-state index in [-0.39, 0.29) is 12.5 Å². The highest BCUT2D eigenvalue weighted by Gasteiger charge is 2.20. The number of hydrogen-bond donors (Lipinski definition) is 0. The fourth-order valence-corrected chi connectivity index (χ4v) is 3.17. The van der Waals surface area contributed by atoms with Crippen molar-refractivity contribution >= 4 is 22.9 Å². The molecular formula is C20H21N5O2. The number of para-hydroxylation sites is 1. The maximum Gasteiger partial charge on any atom is 0.260 e. The molecule has 3 aromatic rings. The van der Waals surface area contributed by atoms with Gasteiger partial charge < -0.3 is 14.5 Å². The monoisotopic (exact) mass is 363 g/mol. The molecule has 0 spiro atoms. The van der Waals surface area contributed by atoms with Crippen LogP contribution in [0.2, 0.25) is 0 Å². The van der Waals surface area contributed by atoms with Crippen molar-refractivity contribution in [1.82, 2.24) is 19.9 Å². The molecule has 1 saturated heterocycles. The number of carbonyl (C=O) groups is 1. The second-order valence-electron chi connectivity index (χ2n) is 6.39. The summed E-state index contributed by atoms with van der Waals surface area (Å²) in [7, 11) is 0. The molecule has 7 nitrogen and oxygen atoms in total. The zero-order valence-corrected chi connectivity index (χ0v) is 15.0. The molecule has 2 aromatic heterocycles. The first-order valence-corrected chi connectivity index (χ1v) is 9.08. The Morgan fingerprint density at radius 3 is 2.70 bits per heavy atom. The Morgan fingerprint density at radius 1 is 0.963 bits per heavy atom. The molecular weight excluding hydrogens is 342 g/mol. The minimum atomic E-state index is 0.0121. The van der Waals surface area contributed by atoms with Gasteiger partial charge in [-0.2, -0.15) is 0 Å². The molecule has 27 heavy (non-hydrogen) atoms. The molecule has 1 amide bonds. The van der Waals surface area contributed by atoms with E-state index in [2.05, 4.69) is 19.9 Å². The number of carbonyl (C=O) groups excluding carboxylic acids is 1. The average Bonchev–Trinajstić information content (AvgIpc) is 2.99. The first kappa shape index (κ1) is 17.2. The standard InChI is InChI=1S/C20H21N5O2/c26-19(15-27-16-5-2-1-3-6-16)25-12-4-11-24(13-14-25)18-8-7-17-20(23-18)22-10-9-21-17/h1-3,5-10H,4,11-15H2. The quantitative estimate of drug-likeness (QED) is 0.707. The second kappa shape index (κ2) is 7.99. The van der Waals surface area contributed by atoms with Gasteiger partial charge in [0.2, 0.25) is 0 Å². The van der Waals surface area contributed by atoms with Crippen LogP contribution in [0, 0.1) is 0 Å². The summed E-state index contributed by atoms with van der Waals surface area (Å²) >= 11 is 0. The second-order valence-corrected chi connectivity index (χ2v) is 6.39. The molecule has 0 N–H and O–H groups in total. The van der Waals surface area contributed by atoms with E-state index < -0.39 is 0 Å². The number of nitrogens with zero attached hydrogens (tertiary/aromatic N) is 5. The van der Waals surface area contributed by atoms with E-state index in [4.69, 9.17) is 4.74 Å². The summed E-state index contributed by atoms with van der Waals surface area (Å²) in [6, 6.07) is 13.3. The lowest BCUT2D eigenvalue weighted by Crippen LogP contribution is -2.38. The number of pyridine rings is 1. The minimum Gasteiger partial charge on any atom is -0.484 e. The van der Waals surface area contributed by atoms with E-state index in [1.165, 1.54) is 0 Å². The predicted molar refractivity (Wildman–Crippen MR) is 103 cm³/mol. The van der Waals surface area contributed by atoms with Crippen molar-refractivity contribution < 1.29 is 9.53 Å². The number of amides is 1. The summed E-state index contributed by atoms with van der Waals surface area (Å²) in [5.41, 5.74) is 1.43. The zero-order valence-electron chi connectivity index (χ0n) is 15.0. The summed E-state index contributed by atoms with van der Waals surface area (Å²) in [5.74, 6) is 1.60. The Morgan fingerprint density at radius 2 is 1.81 bits per heavy atom. The Labute approximate surface area is 157 Å². The van der Waals surface area contributed by atoms with Crippen molar-refractivity contribution in [3.63, 3.8) is 0 Å². The third kappa shape index (κ3) is 4.13. The molecule has 3 heterocycles. The van der Waals surface area contributed by atoms with Crippen molar-refractivity contribution in [3.8, 4) is 5.75 Å². The van der Waals surface area contributed by atoms with Gasteiger partial charge in [0.25, 0.3) is 5.91 Å². The van der Waals surface area contributed by atoms with Crippen LogP contribution in [-0.4, -0.2) is 58.5 Å². The largest absolute Gasteiger partial charge is 0.484 e. The molecule has 0 aliphatic carbocycles. The van der Waals surface area contributed by atoms with Crippen LogP contribution in [0.15, 0.2) is 54.9 Å². The summed E-state index contributed by atoms with van der Waals surface area (Å²) in [6.07, 6.45) is 4.20. The van der Waals surface area contributed by atoms with Gasteiger partial charge in [-0.1, -0.05) is 18.2 Å². The summed E-state index contributed by atoms with van der Waals surface area (Å²) < 4.78 is 5.59. The van der Waals surface area contributed by atoms with Crippen LogP contribution in [0.1, 0.15) is 6.42 Å². The van der Waals surface area contributed by atoms with Gasteiger partial charge in [-0.25, -0.2) is 9.97 Å². The molecule has 7 heteroatoms. The lowest BCUT2D eigenvalue weighted by Gasteiger charge is -2.23. The van der Waals surface area contributed by atoms with Gasteiger partial charge in [-0.15, -0.1) is 0 Å². The van der Waals surface area contributed by atoms with Crippen molar-refractivity contribution in [3.05, 3.63) is 54.9 Å². The number of rotatable bonds is 4. The van der Waals surface area contributed by atoms with Gasteiger partial charge in [0, 0.05) is 38.6 Å². The zero-order chi connectivity index (χ0) is 18.5. The van der Waals surface area contributed by atoms with Crippen LogP contribution >= 0.6 is 0 Å². The molecule has 1 fully saturated rings. The molecule has 0 unspecified atom stereocenters. The van der Waals surface area contributed by atoms with E-state index in [0.29, 0.717) is 17.9 Å². The average molecular weight is 363 g/mol. The molecule has 4 rings (SSSR count). The van der Waals surface area contributed by atoms with Gasteiger partial charge in [0.05, 0.1) is 0 Å². The maximum absolute atomic E-state index is 12.5. The Bertz CT molecular complexity index is 918. The molecule has 0 bridgehead atoms. The Hall–Kier alpha value is -3.22. The van der Waals surface area contributed by atoms with Crippen LogP contribution in [0.5, 0.6) is 5.75 Å². The number of fused-ring (bicyclic) bond motifs is 1. The van der Waals surface area contributed by atoms with Gasteiger partial charge in [0.1, 0.15) is 17.1 Å². The molecule has 1 aromatic carbocycles. The van der Waals surface area contributed by atoms with Crippen LogP contribution in [0.3, 0.4) is 0 Å². The van der Waals surface area contributed by atoms with E-state index in [0.717, 1.165) is 37.4 Å². The fraction of sp³-hybridized carbons (Fsp3) is 0.300. The number of anilines is 1. The van der Waals surface area contributed by atoms with Gasteiger partial charge in [-0.05, 0) is 30.7 Å². The number of aromatic nitrogens is 3. The fourth-order valence-electron chi connectivity index (χ4n) is 3.17. The van der Waals surface area contributed by atoms with Crippen LogP contribution < -0.4 is 9.64 Å². The third-order valence-electron chi connectivity index (χ3n) is 4.60. The SMILES string of the molecule is O=C(COc1ccccc1)N1CCCN(c2ccc3nccnc3n2)CC1. The van der Waals surface area contributed by atoms with Crippen molar-refractivity contribution in [1.29, 1.82) is 0 Å². The van der Waals surface area contributed by atoms with Crippen LogP contribution in [0.4, 0.5) is 5.82 Å². The highest BCUT2D eigenvalue weighted by atomic mass is 16.5. The molecule has 1 aliphatic heterocycles. The number of hydrogen-bond acceptors (Lipinski definition) is 6. The first-order valence-electron chi connectivity index (χ1n) is 9.08. The number of ether oxygens (including phenoxy) is 1. The van der Waals surface area contributed by atoms with Crippen molar-refractivity contribution in [2.24, 2.45) is 0 Å². The summed E-state index contributed by atoms with van der Waals surface area (Å²) in [5, 5.41) is 0. The lowest BCUT2D eigenvalue weighted by atomic mass is 10.3. The van der Waals surface area contributed by atoms with E-state index in [1.54, 1.807) is 12.4 Å². The Balaban J connectivity index is 1.37. The van der Waals surface area contributed by atoms with Gasteiger partial charge in [0.15, 0.2) is 12.3 Å². The molecule has 1 aliphatic rings. The van der Waals surface area contributed by atoms with Gasteiger partial charge >= 0.3 is 0 Å². The predicted octanol–water partition coefficient (Wildman–Crippen LogP) is 2.14. The molecule has 0 saturated carbocycles. The van der Waals surface area contributed by atoms with Crippen molar-refractivity contribution in [2.75, 3.05) is 37.7 Å².